The van der Waals surface area contributed by atoms with Crippen LogP contribution < -0.4 is 10.6 Å². The fraction of sp³-hybridized carbons (Fsp3) is 0.750. The second-order valence-corrected chi connectivity index (χ2v) is 3.97. The van der Waals surface area contributed by atoms with Gasteiger partial charge in [0.25, 0.3) is 0 Å². The molecule has 15 heavy (non-hydrogen) atoms. The van der Waals surface area contributed by atoms with Crippen LogP contribution in [0, 0.1) is 5.92 Å². The first-order valence-electron chi connectivity index (χ1n) is 5.76. The van der Waals surface area contributed by atoms with Gasteiger partial charge >= 0.3 is 0 Å². The third-order valence-corrected chi connectivity index (χ3v) is 2.08. The van der Waals surface area contributed by atoms with E-state index in [1.807, 2.05) is 6.92 Å². The van der Waals surface area contributed by atoms with Crippen molar-refractivity contribution in [1.29, 1.82) is 0 Å². The Labute approximate surface area is 94.1 Å². The number of nitrogens with one attached hydrogen (secondary N) is 2. The molecule has 0 saturated carbocycles. The molecule has 0 radical (unpaired) electrons. The molecule has 0 rings (SSSR count). The van der Waals surface area contributed by atoms with E-state index in [1.165, 1.54) is 6.42 Å². The molecule has 0 fully saturated rings. The highest BCUT2D eigenvalue weighted by Gasteiger charge is 1.96. The fourth-order valence-corrected chi connectivity index (χ4v) is 1.14. The molecule has 2 N–H and O–H groups in total. The van der Waals surface area contributed by atoms with Gasteiger partial charge < -0.3 is 10.6 Å². The molecule has 0 aliphatic rings. The lowest BCUT2D eigenvalue weighted by molar-refractivity contribution is 0.574. The molecule has 0 amide bonds. The maximum Gasteiger partial charge on any atom is 0.190 e. The van der Waals surface area contributed by atoms with Crippen LogP contribution in [0.4, 0.5) is 0 Å². The standard InChI is InChI=1S/C12H25N3/c1-5-6-7-9-14-12(13-4)15-10-8-11(2)3/h5-6,11H,7-10H2,1-4H3,(H2,13,14,15). The molecule has 0 bridgehead atoms. The van der Waals surface area contributed by atoms with Gasteiger partial charge in [0.05, 0.1) is 0 Å². The van der Waals surface area contributed by atoms with Gasteiger partial charge in [-0.05, 0) is 25.7 Å². The molecule has 0 heterocycles. The van der Waals surface area contributed by atoms with Crippen molar-refractivity contribution in [2.24, 2.45) is 10.9 Å². The first kappa shape index (κ1) is 14.0. The highest BCUT2D eigenvalue weighted by atomic mass is 15.2. The molecule has 3 heteroatoms. The summed E-state index contributed by atoms with van der Waals surface area (Å²) in [6.45, 7) is 8.41. The number of aliphatic imine (C=N–C) groups is 1. The van der Waals surface area contributed by atoms with E-state index in [4.69, 9.17) is 0 Å². The van der Waals surface area contributed by atoms with E-state index in [1.54, 1.807) is 7.05 Å². The minimum absolute atomic E-state index is 0.735. The smallest absolute Gasteiger partial charge is 0.190 e. The summed E-state index contributed by atoms with van der Waals surface area (Å²) in [6.07, 6.45) is 6.43. The summed E-state index contributed by atoms with van der Waals surface area (Å²) in [4.78, 5) is 4.15. The molecule has 0 unspecified atom stereocenters. The number of allylic oxidation sites excluding steroid dienone is 1. The number of hydrogen-bond donors (Lipinski definition) is 2. The SMILES string of the molecule is CC=CCCNC(=NC)NCCC(C)C. The largest absolute Gasteiger partial charge is 0.356 e. The topological polar surface area (TPSA) is 36.4 Å². The Morgan fingerprint density at radius 2 is 1.93 bits per heavy atom. The number of rotatable bonds is 6. The lowest BCUT2D eigenvalue weighted by Crippen LogP contribution is -2.38. The predicted octanol–water partition coefficient (Wildman–Crippen LogP) is 2.16. The Bertz CT molecular complexity index is 195. The number of guanidine groups is 1. The summed E-state index contributed by atoms with van der Waals surface area (Å²) in [5.74, 6) is 1.64. The van der Waals surface area contributed by atoms with Crippen LogP contribution in [0.3, 0.4) is 0 Å². The quantitative estimate of drug-likeness (QED) is 0.306. The van der Waals surface area contributed by atoms with E-state index >= 15 is 0 Å². The van der Waals surface area contributed by atoms with Gasteiger partial charge in [0, 0.05) is 20.1 Å². The molecule has 0 aliphatic carbocycles. The Balaban J connectivity index is 3.56. The second kappa shape index (κ2) is 9.56. The normalized spacial score (nSPS) is 12.5. The van der Waals surface area contributed by atoms with Crippen molar-refractivity contribution in [3.63, 3.8) is 0 Å². The molecule has 0 saturated heterocycles. The van der Waals surface area contributed by atoms with E-state index in [0.29, 0.717) is 0 Å². The van der Waals surface area contributed by atoms with Crippen molar-refractivity contribution < 1.29 is 0 Å². The molecule has 0 aromatic heterocycles. The van der Waals surface area contributed by atoms with Crippen LogP contribution in [0.15, 0.2) is 17.1 Å². The number of nitrogens with zero attached hydrogens (tertiary/aromatic N) is 1. The van der Waals surface area contributed by atoms with E-state index in [2.05, 4.69) is 41.6 Å². The van der Waals surface area contributed by atoms with Crippen LogP contribution in [0.5, 0.6) is 0 Å². The second-order valence-electron chi connectivity index (χ2n) is 3.97. The minimum Gasteiger partial charge on any atom is -0.356 e. The van der Waals surface area contributed by atoms with Gasteiger partial charge in [0.15, 0.2) is 5.96 Å². The van der Waals surface area contributed by atoms with Gasteiger partial charge in [-0.1, -0.05) is 26.0 Å². The molecule has 0 atom stereocenters. The summed E-state index contributed by atoms with van der Waals surface area (Å²) < 4.78 is 0. The van der Waals surface area contributed by atoms with E-state index in [-0.39, 0.29) is 0 Å². The van der Waals surface area contributed by atoms with Gasteiger partial charge in [-0.3, -0.25) is 4.99 Å². The van der Waals surface area contributed by atoms with Crippen molar-refractivity contribution >= 4 is 5.96 Å². The number of hydrogen-bond acceptors (Lipinski definition) is 1. The fourth-order valence-electron chi connectivity index (χ4n) is 1.14. The molecule has 0 spiro atoms. The average molecular weight is 211 g/mol. The monoisotopic (exact) mass is 211 g/mol. The van der Waals surface area contributed by atoms with Crippen LogP contribution in [0.2, 0.25) is 0 Å². The van der Waals surface area contributed by atoms with E-state index in [9.17, 15) is 0 Å². The van der Waals surface area contributed by atoms with Crippen LogP contribution in [-0.4, -0.2) is 26.1 Å². The zero-order chi connectivity index (χ0) is 11.5. The summed E-state index contributed by atoms with van der Waals surface area (Å²) in [7, 11) is 1.81. The molecular formula is C12H25N3. The van der Waals surface area contributed by atoms with Gasteiger partial charge in [-0.2, -0.15) is 0 Å². The van der Waals surface area contributed by atoms with Crippen LogP contribution in [0.25, 0.3) is 0 Å². The van der Waals surface area contributed by atoms with Crippen molar-refractivity contribution in [2.45, 2.75) is 33.6 Å². The van der Waals surface area contributed by atoms with Crippen molar-refractivity contribution in [2.75, 3.05) is 20.1 Å². The first-order valence-corrected chi connectivity index (χ1v) is 5.76. The Kier molecular flexibility index (Phi) is 8.93. The van der Waals surface area contributed by atoms with Gasteiger partial charge in [-0.25, -0.2) is 0 Å². The zero-order valence-corrected chi connectivity index (χ0v) is 10.5. The summed E-state index contributed by atoms with van der Waals surface area (Å²) in [5.41, 5.74) is 0. The zero-order valence-electron chi connectivity index (χ0n) is 10.5. The summed E-state index contributed by atoms with van der Waals surface area (Å²) in [6, 6.07) is 0. The Morgan fingerprint density at radius 3 is 2.47 bits per heavy atom. The van der Waals surface area contributed by atoms with E-state index < -0.39 is 0 Å². The average Bonchev–Trinajstić information content (AvgIpc) is 2.21. The molecule has 3 nitrogen and oxygen atoms in total. The third-order valence-electron chi connectivity index (χ3n) is 2.08. The molecule has 0 aromatic rings. The summed E-state index contributed by atoms with van der Waals surface area (Å²) in [5, 5.41) is 6.56. The molecule has 0 aliphatic heterocycles. The van der Waals surface area contributed by atoms with Crippen molar-refractivity contribution in [1.82, 2.24) is 10.6 Å². The lowest BCUT2D eigenvalue weighted by Gasteiger charge is -2.11. The Hall–Kier alpha value is -0.990. The minimum atomic E-state index is 0.735. The maximum atomic E-state index is 4.15. The van der Waals surface area contributed by atoms with Crippen LogP contribution in [-0.2, 0) is 0 Å². The highest BCUT2D eigenvalue weighted by Crippen LogP contribution is 1.95. The van der Waals surface area contributed by atoms with Crippen molar-refractivity contribution in [3.05, 3.63) is 12.2 Å². The first-order chi connectivity index (χ1) is 7.20. The van der Waals surface area contributed by atoms with E-state index in [0.717, 1.165) is 31.4 Å². The predicted molar refractivity (Wildman–Crippen MR) is 68.3 cm³/mol. The van der Waals surface area contributed by atoms with Crippen LogP contribution in [0.1, 0.15) is 33.6 Å². The third kappa shape index (κ3) is 9.32. The molecular weight excluding hydrogens is 186 g/mol. The van der Waals surface area contributed by atoms with Gasteiger partial charge in [0.1, 0.15) is 0 Å². The van der Waals surface area contributed by atoms with Gasteiger partial charge in [-0.15, -0.1) is 0 Å². The van der Waals surface area contributed by atoms with Crippen LogP contribution >= 0.6 is 0 Å². The molecule has 0 aromatic carbocycles. The van der Waals surface area contributed by atoms with Gasteiger partial charge in [0.2, 0.25) is 0 Å². The lowest BCUT2D eigenvalue weighted by atomic mass is 10.1. The van der Waals surface area contributed by atoms with Crippen molar-refractivity contribution in [3.8, 4) is 0 Å². The molecule has 88 valence electrons. The summed E-state index contributed by atoms with van der Waals surface area (Å²) >= 11 is 0. The maximum absolute atomic E-state index is 4.15. The Morgan fingerprint density at radius 1 is 1.27 bits per heavy atom. The highest BCUT2D eigenvalue weighted by molar-refractivity contribution is 5.79.